The van der Waals surface area contributed by atoms with E-state index in [4.69, 9.17) is 9.47 Å². The molecular formula is C13H24N2O3. The van der Waals surface area contributed by atoms with Crippen LogP contribution in [0, 0.1) is 0 Å². The predicted molar refractivity (Wildman–Crippen MR) is 68.4 cm³/mol. The number of carbonyl (C=O) groups is 1. The molecule has 3 unspecified atom stereocenters. The van der Waals surface area contributed by atoms with Crippen molar-refractivity contribution < 1.29 is 14.3 Å². The van der Waals surface area contributed by atoms with Crippen molar-refractivity contribution >= 4 is 5.91 Å². The van der Waals surface area contributed by atoms with Gasteiger partial charge in [0.05, 0.1) is 37.9 Å². The molecule has 3 atom stereocenters. The lowest BCUT2D eigenvalue weighted by Crippen LogP contribution is -2.52. The Morgan fingerprint density at radius 1 is 1.44 bits per heavy atom. The number of morpholine rings is 2. The summed E-state index contributed by atoms with van der Waals surface area (Å²) in [5.74, 6) is 0.200. The molecule has 0 radical (unpaired) electrons. The Labute approximate surface area is 109 Å². The van der Waals surface area contributed by atoms with Crippen molar-refractivity contribution in [2.75, 3.05) is 32.8 Å². The second-order valence-electron chi connectivity index (χ2n) is 5.15. The SMILES string of the molecule is CCC1COC(C)CN1C(=O)CC1CNCCO1. The van der Waals surface area contributed by atoms with Gasteiger partial charge in [0, 0.05) is 19.6 Å². The quantitative estimate of drug-likeness (QED) is 0.793. The van der Waals surface area contributed by atoms with Crippen LogP contribution < -0.4 is 5.32 Å². The van der Waals surface area contributed by atoms with E-state index in [0.29, 0.717) is 26.2 Å². The molecule has 0 spiro atoms. The lowest BCUT2D eigenvalue weighted by atomic mass is 10.1. The molecular weight excluding hydrogens is 232 g/mol. The minimum atomic E-state index is 0.0295. The maximum Gasteiger partial charge on any atom is 0.225 e. The van der Waals surface area contributed by atoms with Crippen molar-refractivity contribution in [3.63, 3.8) is 0 Å². The number of hydrogen-bond donors (Lipinski definition) is 1. The molecule has 2 rings (SSSR count). The molecule has 2 aliphatic rings. The summed E-state index contributed by atoms with van der Waals surface area (Å²) in [7, 11) is 0. The van der Waals surface area contributed by atoms with E-state index < -0.39 is 0 Å². The fourth-order valence-electron chi connectivity index (χ4n) is 2.55. The van der Waals surface area contributed by atoms with Gasteiger partial charge in [-0.2, -0.15) is 0 Å². The van der Waals surface area contributed by atoms with Crippen molar-refractivity contribution in [3.8, 4) is 0 Å². The van der Waals surface area contributed by atoms with Gasteiger partial charge in [0.15, 0.2) is 0 Å². The smallest absolute Gasteiger partial charge is 0.225 e. The Kier molecular flexibility index (Phi) is 4.97. The first-order valence-corrected chi connectivity index (χ1v) is 6.94. The second-order valence-corrected chi connectivity index (χ2v) is 5.15. The number of amides is 1. The summed E-state index contributed by atoms with van der Waals surface area (Å²) in [6.45, 7) is 7.85. The Bertz CT molecular complexity index is 279. The Hall–Kier alpha value is -0.650. The standard InChI is InChI=1S/C13H24N2O3/c1-3-11-9-18-10(2)8-15(11)13(16)6-12-7-14-4-5-17-12/h10-12,14H,3-9H2,1-2H3. The zero-order valence-corrected chi connectivity index (χ0v) is 11.4. The second kappa shape index (κ2) is 6.50. The van der Waals surface area contributed by atoms with Crippen LogP contribution in [0.3, 0.4) is 0 Å². The van der Waals surface area contributed by atoms with E-state index in [1.165, 1.54) is 0 Å². The summed E-state index contributed by atoms with van der Waals surface area (Å²) in [5, 5.41) is 3.26. The number of ether oxygens (including phenoxy) is 2. The first-order chi connectivity index (χ1) is 8.70. The van der Waals surface area contributed by atoms with E-state index >= 15 is 0 Å². The number of rotatable bonds is 3. The molecule has 2 saturated heterocycles. The molecule has 0 aromatic heterocycles. The van der Waals surface area contributed by atoms with Gasteiger partial charge in [-0.3, -0.25) is 4.79 Å². The lowest BCUT2D eigenvalue weighted by Gasteiger charge is -2.39. The van der Waals surface area contributed by atoms with Crippen LogP contribution in [0.5, 0.6) is 0 Å². The van der Waals surface area contributed by atoms with Crippen molar-refractivity contribution in [2.24, 2.45) is 0 Å². The van der Waals surface area contributed by atoms with E-state index in [1.54, 1.807) is 0 Å². The van der Waals surface area contributed by atoms with Gasteiger partial charge in [-0.05, 0) is 13.3 Å². The van der Waals surface area contributed by atoms with E-state index in [0.717, 1.165) is 19.5 Å². The van der Waals surface area contributed by atoms with Gasteiger partial charge >= 0.3 is 0 Å². The number of carbonyl (C=O) groups excluding carboxylic acids is 1. The van der Waals surface area contributed by atoms with Crippen LogP contribution in [0.15, 0.2) is 0 Å². The molecule has 0 aromatic rings. The molecule has 0 bridgehead atoms. The zero-order chi connectivity index (χ0) is 13.0. The average molecular weight is 256 g/mol. The monoisotopic (exact) mass is 256 g/mol. The fraction of sp³-hybridized carbons (Fsp3) is 0.923. The topological polar surface area (TPSA) is 50.8 Å². The molecule has 1 N–H and O–H groups in total. The van der Waals surface area contributed by atoms with Crippen LogP contribution in [0.1, 0.15) is 26.7 Å². The summed E-state index contributed by atoms with van der Waals surface area (Å²) < 4.78 is 11.2. The fourth-order valence-corrected chi connectivity index (χ4v) is 2.55. The highest BCUT2D eigenvalue weighted by Gasteiger charge is 2.30. The highest BCUT2D eigenvalue weighted by atomic mass is 16.5. The van der Waals surface area contributed by atoms with Gasteiger partial charge in [-0.25, -0.2) is 0 Å². The molecule has 18 heavy (non-hydrogen) atoms. The van der Waals surface area contributed by atoms with Gasteiger partial charge in [0.25, 0.3) is 0 Å². The minimum Gasteiger partial charge on any atom is -0.375 e. The molecule has 0 aromatic carbocycles. The third-order valence-corrected chi connectivity index (χ3v) is 3.67. The largest absolute Gasteiger partial charge is 0.375 e. The third kappa shape index (κ3) is 3.43. The third-order valence-electron chi connectivity index (χ3n) is 3.67. The Morgan fingerprint density at radius 2 is 2.28 bits per heavy atom. The average Bonchev–Trinajstić information content (AvgIpc) is 2.40. The van der Waals surface area contributed by atoms with Gasteiger partial charge in [0.2, 0.25) is 5.91 Å². The van der Waals surface area contributed by atoms with Gasteiger partial charge in [-0.15, -0.1) is 0 Å². The van der Waals surface area contributed by atoms with E-state index in [2.05, 4.69) is 12.2 Å². The highest BCUT2D eigenvalue weighted by molar-refractivity contribution is 5.77. The molecule has 2 fully saturated rings. The van der Waals surface area contributed by atoms with Crippen LogP contribution in [-0.2, 0) is 14.3 Å². The Balaban J connectivity index is 1.88. The van der Waals surface area contributed by atoms with Crippen molar-refractivity contribution in [3.05, 3.63) is 0 Å². The van der Waals surface area contributed by atoms with Gasteiger partial charge < -0.3 is 19.7 Å². The molecule has 5 heteroatoms. The summed E-state index contributed by atoms with van der Waals surface area (Å²) >= 11 is 0. The molecule has 2 aliphatic heterocycles. The summed E-state index contributed by atoms with van der Waals surface area (Å²) in [6.07, 6.45) is 1.60. The zero-order valence-electron chi connectivity index (χ0n) is 11.4. The van der Waals surface area contributed by atoms with E-state index in [-0.39, 0.29) is 24.2 Å². The van der Waals surface area contributed by atoms with Gasteiger partial charge in [-0.1, -0.05) is 6.92 Å². The van der Waals surface area contributed by atoms with Crippen LogP contribution in [-0.4, -0.2) is 61.9 Å². The molecule has 0 saturated carbocycles. The predicted octanol–water partition coefficient (Wildman–Crippen LogP) is 0.391. The maximum atomic E-state index is 12.3. The normalized spacial score (nSPS) is 33.4. The van der Waals surface area contributed by atoms with Crippen molar-refractivity contribution in [2.45, 2.75) is 44.9 Å². The molecule has 104 valence electrons. The summed E-state index contributed by atoms with van der Waals surface area (Å²) in [5.41, 5.74) is 0. The minimum absolute atomic E-state index is 0.0295. The van der Waals surface area contributed by atoms with Crippen LogP contribution in [0.4, 0.5) is 0 Å². The van der Waals surface area contributed by atoms with Gasteiger partial charge in [0.1, 0.15) is 0 Å². The first-order valence-electron chi connectivity index (χ1n) is 6.94. The van der Waals surface area contributed by atoms with Crippen LogP contribution in [0.25, 0.3) is 0 Å². The highest BCUT2D eigenvalue weighted by Crippen LogP contribution is 2.17. The van der Waals surface area contributed by atoms with E-state index in [9.17, 15) is 4.79 Å². The van der Waals surface area contributed by atoms with Crippen LogP contribution >= 0.6 is 0 Å². The maximum absolute atomic E-state index is 12.3. The first kappa shape index (κ1) is 13.8. The van der Waals surface area contributed by atoms with Crippen LogP contribution in [0.2, 0.25) is 0 Å². The molecule has 2 heterocycles. The number of nitrogens with zero attached hydrogens (tertiary/aromatic N) is 1. The molecule has 5 nitrogen and oxygen atoms in total. The number of hydrogen-bond acceptors (Lipinski definition) is 4. The molecule has 1 amide bonds. The Morgan fingerprint density at radius 3 is 2.94 bits per heavy atom. The van der Waals surface area contributed by atoms with Crippen molar-refractivity contribution in [1.29, 1.82) is 0 Å². The van der Waals surface area contributed by atoms with Crippen molar-refractivity contribution in [1.82, 2.24) is 10.2 Å². The summed E-state index contributed by atoms with van der Waals surface area (Å²) in [4.78, 5) is 14.3. The molecule has 0 aliphatic carbocycles. The lowest BCUT2D eigenvalue weighted by molar-refractivity contribution is -0.147. The van der Waals surface area contributed by atoms with E-state index in [1.807, 2.05) is 11.8 Å². The number of nitrogens with one attached hydrogen (secondary N) is 1. The summed E-state index contributed by atoms with van der Waals surface area (Å²) in [6, 6.07) is 0.227.